The zero-order valence-electron chi connectivity index (χ0n) is 18.2. The molecule has 4 aromatic heterocycles. The van der Waals surface area contributed by atoms with Crippen LogP contribution >= 0.6 is 0 Å². The van der Waals surface area contributed by atoms with Gasteiger partial charge >= 0.3 is 0 Å². The van der Waals surface area contributed by atoms with Gasteiger partial charge in [-0.15, -0.1) is 5.10 Å². The fourth-order valence-electron chi connectivity index (χ4n) is 4.27. The van der Waals surface area contributed by atoms with E-state index in [4.69, 9.17) is 5.73 Å². The minimum atomic E-state index is -0.212. The van der Waals surface area contributed by atoms with E-state index in [0.717, 1.165) is 36.8 Å². The maximum Gasteiger partial charge on any atom is 0.270 e. The SMILES string of the molecule is CCC(C)NC(=O)c1cc(-c2cnn(C3CCCc4ccncc43)c2)cc2nc(N)nn12. The quantitative estimate of drug-likeness (QED) is 0.503. The fraction of sp³-hybridized carbons (Fsp3) is 0.348. The van der Waals surface area contributed by atoms with Crippen LogP contribution in [0.5, 0.6) is 0 Å². The van der Waals surface area contributed by atoms with Gasteiger partial charge in [-0.1, -0.05) is 6.92 Å². The van der Waals surface area contributed by atoms with Crippen molar-refractivity contribution in [1.82, 2.24) is 34.7 Å². The van der Waals surface area contributed by atoms with Crippen LogP contribution in [-0.2, 0) is 6.42 Å². The Balaban J connectivity index is 1.54. The first-order valence-electron chi connectivity index (χ1n) is 11.0. The van der Waals surface area contributed by atoms with Crippen LogP contribution < -0.4 is 11.1 Å². The predicted octanol–water partition coefficient (Wildman–Crippen LogP) is 3.02. The maximum atomic E-state index is 12.9. The number of anilines is 1. The first-order valence-corrected chi connectivity index (χ1v) is 11.0. The van der Waals surface area contributed by atoms with Crippen molar-refractivity contribution in [2.75, 3.05) is 5.73 Å². The summed E-state index contributed by atoms with van der Waals surface area (Å²) in [7, 11) is 0. The van der Waals surface area contributed by atoms with Gasteiger partial charge in [0.1, 0.15) is 5.69 Å². The highest BCUT2D eigenvalue weighted by atomic mass is 16.2. The topological polar surface area (TPSA) is 116 Å². The number of carbonyl (C=O) groups excluding carboxylic acids is 1. The largest absolute Gasteiger partial charge is 0.366 e. The number of nitrogens with one attached hydrogen (secondary N) is 1. The number of nitrogens with two attached hydrogens (primary N) is 1. The van der Waals surface area contributed by atoms with Crippen LogP contribution in [-0.4, -0.2) is 41.3 Å². The number of pyridine rings is 2. The number of aryl methyl sites for hydroxylation is 1. The molecule has 0 saturated carbocycles. The normalized spacial score (nSPS) is 16.6. The van der Waals surface area contributed by atoms with Gasteiger partial charge in [0, 0.05) is 30.2 Å². The molecule has 0 fully saturated rings. The lowest BCUT2D eigenvalue weighted by atomic mass is 9.89. The van der Waals surface area contributed by atoms with E-state index >= 15 is 0 Å². The van der Waals surface area contributed by atoms with E-state index < -0.39 is 0 Å². The number of amides is 1. The molecule has 164 valence electrons. The Labute approximate surface area is 185 Å². The minimum absolute atomic E-state index is 0.0461. The highest BCUT2D eigenvalue weighted by Gasteiger charge is 2.23. The smallest absolute Gasteiger partial charge is 0.270 e. The van der Waals surface area contributed by atoms with Gasteiger partial charge in [0.05, 0.1) is 12.2 Å². The minimum Gasteiger partial charge on any atom is -0.366 e. The van der Waals surface area contributed by atoms with Crippen molar-refractivity contribution >= 4 is 17.5 Å². The maximum absolute atomic E-state index is 12.9. The van der Waals surface area contributed by atoms with Gasteiger partial charge in [-0.2, -0.15) is 10.1 Å². The van der Waals surface area contributed by atoms with Crippen molar-refractivity contribution in [2.45, 2.75) is 51.6 Å². The molecule has 0 saturated heterocycles. The van der Waals surface area contributed by atoms with Gasteiger partial charge in [-0.25, -0.2) is 4.52 Å². The van der Waals surface area contributed by atoms with Crippen LogP contribution in [0.1, 0.15) is 60.8 Å². The predicted molar refractivity (Wildman–Crippen MR) is 121 cm³/mol. The summed E-state index contributed by atoms with van der Waals surface area (Å²) in [6.45, 7) is 3.99. The Morgan fingerprint density at radius 1 is 1.31 bits per heavy atom. The van der Waals surface area contributed by atoms with Crippen molar-refractivity contribution in [2.24, 2.45) is 0 Å². The summed E-state index contributed by atoms with van der Waals surface area (Å²) in [5, 5.41) is 11.9. The number of carbonyl (C=O) groups is 1. The molecule has 1 aliphatic rings. The molecular weight excluding hydrogens is 404 g/mol. The molecule has 4 aromatic rings. The summed E-state index contributed by atoms with van der Waals surface area (Å²) >= 11 is 0. The van der Waals surface area contributed by atoms with Gasteiger partial charge in [0.2, 0.25) is 5.95 Å². The first-order chi connectivity index (χ1) is 15.5. The lowest BCUT2D eigenvalue weighted by Gasteiger charge is -2.25. The Morgan fingerprint density at radius 3 is 3.03 bits per heavy atom. The van der Waals surface area contributed by atoms with E-state index in [0.29, 0.717) is 11.3 Å². The highest BCUT2D eigenvalue weighted by molar-refractivity contribution is 5.95. The molecule has 9 nitrogen and oxygen atoms in total. The number of nitrogens with zero attached hydrogens (tertiary/aromatic N) is 6. The van der Waals surface area contributed by atoms with Gasteiger partial charge < -0.3 is 11.1 Å². The summed E-state index contributed by atoms with van der Waals surface area (Å²) in [5.41, 5.74) is 11.0. The molecule has 0 aromatic carbocycles. The third-order valence-electron chi connectivity index (χ3n) is 6.16. The average Bonchev–Trinajstić information content (AvgIpc) is 3.44. The van der Waals surface area contributed by atoms with Crippen molar-refractivity contribution < 1.29 is 4.79 Å². The third-order valence-corrected chi connectivity index (χ3v) is 6.16. The zero-order chi connectivity index (χ0) is 22.2. The second kappa shape index (κ2) is 8.07. The molecule has 2 unspecified atom stereocenters. The van der Waals surface area contributed by atoms with E-state index in [1.54, 1.807) is 0 Å². The molecule has 0 bridgehead atoms. The van der Waals surface area contributed by atoms with Crippen molar-refractivity contribution in [3.05, 3.63) is 59.8 Å². The number of nitrogen functional groups attached to an aromatic ring is 1. The van der Waals surface area contributed by atoms with Crippen LogP contribution in [0.15, 0.2) is 43.0 Å². The number of hydrogen-bond donors (Lipinski definition) is 2. The molecule has 2 atom stereocenters. The molecule has 1 aliphatic carbocycles. The zero-order valence-corrected chi connectivity index (χ0v) is 18.2. The number of aromatic nitrogens is 6. The van der Waals surface area contributed by atoms with Gasteiger partial charge in [-0.05, 0) is 67.5 Å². The number of fused-ring (bicyclic) bond motifs is 2. The van der Waals surface area contributed by atoms with E-state index in [9.17, 15) is 4.79 Å². The summed E-state index contributed by atoms with van der Waals surface area (Å²) < 4.78 is 3.49. The Morgan fingerprint density at radius 2 is 2.19 bits per heavy atom. The monoisotopic (exact) mass is 430 g/mol. The summed E-state index contributed by atoms with van der Waals surface area (Å²) in [5.74, 6) is -0.0856. The lowest BCUT2D eigenvalue weighted by Crippen LogP contribution is -2.33. The van der Waals surface area contributed by atoms with Gasteiger partial charge in [0.15, 0.2) is 5.65 Å². The van der Waals surface area contributed by atoms with Crippen LogP contribution in [0.4, 0.5) is 5.95 Å². The second-order valence-electron chi connectivity index (χ2n) is 8.34. The van der Waals surface area contributed by atoms with Crippen molar-refractivity contribution in [3.63, 3.8) is 0 Å². The van der Waals surface area contributed by atoms with Gasteiger partial charge in [-0.3, -0.25) is 14.5 Å². The lowest BCUT2D eigenvalue weighted by molar-refractivity contribution is 0.0932. The second-order valence-corrected chi connectivity index (χ2v) is 8.34. The molecule has 9 heteroatoms. The van der Waals surface area contributed by atoms with Crippen LogP contribution in [0, 0.1) is 0 Å². The van der Waals surface area contributed by atoms with E-state index in [1.165, 1.54) is 15.6 Å². The molecule has 0 aliphatic heterocycles. The molecule has 0 spiro atoms. The van der Waals surface area contributed by atoms with Crippen LogP contribution in [0.3, 0.4) is 0 Å². The van der Waals surface area contributed by atoms with E-state index in [-0.39, 0.29) is 23.9 Å². The number of hydrogen-bond acceptors (Lipinski definition) is 6. The highest BCUT2D eigenvalue weighted by Crippen LogP contribution is 2.33. The summed E-state index contributed by atoms with van der Waals surface area (Å²) in [6.07, 6.45) is 11.7. The first kappa shape index (κ1) is 20.2. The van der Waals surface area contributed by atoms with Crippen molar-refractivity contribution in [3.8, 4) is 11.1 Å². The fourth-order valence-corrected chi connectivity index (χ4v) is 4.27. The van der Waals surface area contributed by atoms with Crippen LogP contribution in [0.2, 0.25) is 0 Å². The molecule has 3 N–H and O–H groups in total. The standard InChI is InChI=1S/C23H26N8O/c1-3-14(2)27-22(32)20-9-16(10-21-28-23(24)29-31(20)21)17-11-26-30(13-17)19-6-4-5-15-7-8-25-12-18(15)19/h7-14,19H,3-6H2,1-2H3,(H2,24,29)(H,27,32). The average molecular weight is 431 g/mol. The molecule has 4 heterocycles. The molecular formula is C23H26N8O. The third kappa shape index (κ3) is 3.59. The number of rotatable bonds is 5. The molecule has 1 amide bonds. The molecule has 0 radical (unpaired) electrons. The Hall–Kier alpha value is -3.75. The van der Waals surface area contributed by atoms with Crippen LogP contribution in [0.25, 0.3) is 16.8 Å². The van der Waals surface area contributed by atoms with E-state index in [1.807, 2.05) is 55.4 Å². The Bertz CT molecular complexity index is 1290. The van der Waals surface area contributed by atoms with Crippen molar-refractivity contribution in [1.29, 1.82) is 0 Å². The molecule has 5 rings (SSSR count). The summed E-state index contributed by atoms with van der Waals surface area (Å²) in [4.78, 5) is 21.5. The van der Waals surface area contributed by atoms with Gasteiger partial charge in [0.25, 0.3) is 5.91 Å². The Kier molecular flexibility index (Phi) is 5.08. The molecule has 32 heavy (non-hydrogen) atoms. The summed E-state index contributed by atoms with van der Waals surface area (Å²) in [6, 6.07) is 5.99. The van der Waals surface area contributed by atoms with E-state index in [2.05, 4.69) is 31.5 Å².